The van der Waals surface area contributed by atoms with Crippen LogP contribution in [0.25, 0.3) is 0 Å². The number of nitrogens with zero attached hydrogens (tertiary/aromatic N) is 1. The lowest BCUT2D eigenvalue weighted by atomic mass is 9.80. The number of rotatable bonds is 5. The van der Waals surface area contributed by atoms with Crippen LogP contribution >= 0.6 is 0 Å². The molecule has 2 heteroatoms. The molecule has 2 saturated carbocycles. The highest BCUT2D eigenvalue weighted by Gasteiger charge is 2.43. The third kappa shape index (κ3) is 2.69. The molecule has 0 spiro atoms. The summed E-state index contributed by atoms with van der Waals surface area (Å²) in [5.41, 5.74) is 2.52. The molecule has 1 aromatic rings. The summed E-state index contributed by atoms with van der Waals surface area (Å²) in [6.07, 6.45) is 9.15. The Hall–Kier alpha value is -0.890. The highest BCUT2D eigenvalue weighted by atomic mass is 14.9. The molecule has 0 saturated heterocycles. The highest BCUT2D eigenvalue weighted by molar-refractivity contribution is 5.19. The Balaban J connectivity index is 1.79. The maximum atomic E-state index is 4.50. The zero-order valence-electron chi connectivity index (χ0n) is 12.2. The van der Waals surface area contributed by atoms with Crippen LogP contribution in [-0.2, 0) is 0 Å². The maximum Gasteiger partial charge on any atom is 0.0372 e. The molecular weight excluding hydrogens is 232 g/mol. The highest BCUT2D eigenvalue weighted by Crippen LogP contribution is 2.52. The van der Waals surface area contributed by atoms with Gasteiger partial charge in [-0.25, -0.2) is 0 Å². The number of nitrogens with one attached hydrogen (secondary N) is 1. The van der Waals surface area contributed by atoms with Crippen LogP contribution in [0.15, 0.2) is 18.3 Å². The van der Waals surface area contributed by atoms with Gasteiger partial charge in [-0.1, -0.05) is 19.4 Å². The summed E-state index contributed by atoms with van der Waals surface area (Å²) in [7, 11) is 0. The van der Waals surface area contributed by atoms with Crippen LogP contribution < -0.4 is 5.32 Å². The van der Waals surface area contributed by atoms with Gasteiger partial charge in [-0.15, -0.1) is 0 Å². The van der Waals surface area contributed by atoms with E-state index in [2.05, 4.69) is 42.5 Å². The van der Waals surface area contributed by atoms with E-state index in [4.69, 9.17) is 0 Å². The first-order chi connectivity index (χ1) is 9.28. The zero-order chi connectivity index (χ0) is 13.2. The molecule has 2 nitrogen and oxygen atoms in total. The summed E-state index contributed by atoms with van der Waals surface area (Å²) >= 11 is 0. The number of hydrogen-bond donors (Lipinski definition) is 1. The number of aryl methyl sites for hydroxylation is 1. The number of aromatic nitrogens is 1. The number of pyridine rings is 1. The van der Waals surface area contributed by atoms with Crippen molar-refractivity contribution >= 4 is 0 Å². The van der Waals surface area contributed by atoms with Crippen LogP contribution in [-0.4, -0.2) is 11.5 Å². The lowest BCUT2D eigenvalue weighted by Gasteiger charge is -2.31. The molecule has 0 amide bonds. The summed E-state index contributed by atoms with van der Waals surface area (Å²) in [5.74, 6) is 2.81. The second kappa shape index (κ2) is 5.62. The van der Waals surface area contributed by atoms with Gasteiger partial charge in [0.25, 0.3) is 0 Å². The Labute approximate surface area is 117 Å². The van der Waals surface area contributed by atoms with Crippen LogP contribution in [0, 0.1) is 24.7 Å². The third-order valence-corrected chi connectivity index (χ3v) is 5.13. The van der Waals surface area contributed by atoms with E-state index in [1.54, 1.807) is 0 Å². The third-order valence-electron chi connectivity index (χ3n) is 5.13. The minimum absolute atomic E-state index is 0.531. The number of hydrogen-bond acceptors (Lipinski definition) is 2. The topological polar surface area (TPSA) is 24.9 Å². The van der Waals surface area contributed by atoms with Crippen molar-refractivity contribution < 1.29 is 0 Å². The fourth-order valence-corrected chi connectivity index (χ4v) is 4.18. The second-order valence-corrected chi connectivity index (χ2v) is 6.50. The summed E-state index contributed by atoms with van der Waals surface area (Å²) in [5, 5.41) is 3.79. The summed E-state index contributed by atoms with van der Waals surface area (Å²) in [6.45, 7) is 5.43. The molecule has 0 aliphatic heterocycles. The van der Waals surface area contributed by atoms with E-state index in [1.807, 2.05) is 0 Å². The maximum absolute atomic E-state index is 4.50. The Kier molecular flexibility index (Phi) is 3.88. The van der Waals surface area contributed by atoms with Gasteiger partial charge in [0.2, 0.25) is 0 Å². The smallest absolute Gasteiger partial charge is 0.0372 e. The van der Waals surface area contributed by atoms with Gasteiger partial charge in [-0.3, -0.25) is 4.98 Å². The van der Waals surface area contributed by atoms with Crippen molar-refractivity contribution in [1.29, 1.82) is 0 Å². The van der Waals surface area contributed by atoms with Crippen molar-refractivity contribution in [2.24, 2.45) is 17.8 Å². The van der Waals surface area contributed by atoms with Crippen LogP contribution in [0.2, 0.25) is 0 Å². The zero-order valence-corrected chi connectivity index (χ0v) is 12.2. The van der Waals surface area contributed by atoms with E-state index in [1.165, 1.54) is 37.7 Å². The van der Waals surface area contributed by atoms with E-state index in [0.29, 0.717) is 6.04 Å². The Morgan fingerprint density at radius 2 is 2.21 bits per heavy atom. The van der Waals surface area contributed by atoms with Crippen LogP contribution in [0.4, 0.5) is 0 Å². The first-order valence-corrected chi connectivity index (χ1v) is 7.94. The summed E-state index contributed by atoms with van der Waals surface area (Å²) in [4.78, 5) is 4.50. The van der Waals surface area contributed by atoms with E-state index >= 15 is 0 Å². The Bertz CT molecular complexity index is 412. The van der Waals surface area contributed by atoms with Crippen molar-refractivity contribution in [3.05, 3.63) is 29.6 Å². The van der Waals surface area contributed by atoms with Crippen LogP contribution in [0.3, 0.4) is 0 Å². The minimum atomic E-state index is 0.531. The molecule has 0 aromatic carbocycles. The van der Waals surface area contributed by atoms with Crippen molar-refractivity contribution in [2.75, 3.05) is 6.54 Å². The van der Waals surface area contributed by atoms with Gasteiger partial charge in [-0.2, -0.15) is 0 Å². The van der Waals surface area contributed by atoms with Gasteiger partial charge in [0.1, 0.15) is 0 Å². The largest absolute Gasteiger partial charge is 0.310 e. The molecule has 2 aliphatic carbocycles. The van der Waals surface area contributed by atoms with Crippen molar-refractivity contribution in [3.8, 4) is 0 Å². The van der Waals surface area contributed by atoms with Gasteiger partial charge >= 0.3 is 0 Å². The predicted octanol–water partition coefficient (Wildman–Crippen LogP) is 3.87. The van der Waals surface area contributed by atoms with Crippen LogP contribution in [0.5, 0.6) is 0 Å². The van der Waals surface area contributed by atoms with E-state index in [-0.39, 0.29) is 0 Å². The number of fused-ring (bicyclic) bond motifs is 2. The minimum Gasteiger partial charge on any atom is -0.310 e. The van der Waals surface area contributed by atoms with Crippen molar-refractivity contribution in [1.82, 2.24) is 10.3 Å². The van der Waals surface area contributed by atoms with E-state index in [9.17, 15) is 0 Å². The molecule has 1 aromatic heterocycles. The molecule has 2 aliphatic rings. The molecule has 4 atom stereocenters. The molecule has 1 N–H and O–H groups in total. The fourth-order valence-electron chi connectivity index (χ4n) is 4.18. The molecule has 2 bridgehead atoms. The van der Waals surface area contributed by atoms with E-state index < -0.39 is 0 Å². The average Bonchev–Trinajstić information content (AvgIpc) is 3.04. The van der Waals surface area contributed by atoms with Crippen molar-refractivity contribution in [3.63, 3.8) is 0 Å². The van der Waals surface area contributed by atoms with E-state index in [0.717, 1.165) is 30.0 Å². The first kappa shape index (κ1) is 13.1. The van der Waals surface area contributed by atoms with Crippen molar-refractivity contribution in [2.45, 2.75) is 52.0 Å². The lowest BCUT2D eigenvalue weighted by molar-refractivity contribution is 0.250. The molecule has 4 unspecified atom stereocenters. The summed E-state index contributed by atoms with van der Waals surface area (Å²) in [6, 6.07) is 4.97. The first-order valence-electron chi connectivity index (χ1n) is 7.94. The van der Waals surface area contributed by atoms with Gasteiger partial charge in [0.05, 0.1) is 0 Å². The lowest BCUT2D eigenvalue weighted by Crippen LogP contribution is -2.32. The fraction of sp³-hybridized carbons (Fsp3) is 0.706. The average molecular weight is 258 g/mol. The SMILES string of the molecule is CCCNC(c1ccc(C)nc1)C1CC2CCC1C2. The van der Waals surface area contributed by atoms with Gasteiger partial charge in [0, 0.05) is 17.9 Å². The normalized spacial score (nSPS) is 30.7. The molecule has 1 heterocycles. The Morgan fingerprint density at radius 1 is 1.32 bits per heavy atom. The van der Waals surface area contributed by atoms with Gasteiger partial charge < -0.3 is 5.32 Å². The second-order valence-electron chi connectivity index (χ2n) is 6.50. The standard InChI is InChI=1S/C17H26N2/c1-3-8-18-17(15-6-4-12(2)19-11-15)16-10-13-5-7-14(16)9-13/h4,6,11,13-14,16-18H,3,5,7-10H2,1-2H3. The van der Waals surface area contributed by atoms with Gasteiger partial charge in [-0.05, 0) is 68.5 Å². The summed E-state index contributed by atoms with van der Waals surface area (Å²) < 4.78 is 0. The monoisotopic (exact) mass is 258 g/mol. The molecule has 19 heavy (non-hydrogen) atoms. The Morgan fingerprint density at radius 3 is 2.79 bits per heavy atom. The molecule has 2 fully saturated rings. The molecule has 3 rings (SSSR count). The molecule has 104 valence electrons. The van der Waals surface area contributed by atoms with Gasteiger partial charge in [0.15, 0.2) is 0 Å². The molecular formula is C17H26N2. The predicted molar refractivity (Wildman–Crippen MR) is 78.9 cm³/mol. The van der Waals surface area contributed by atoms with Crippen LogP contribution in [0.1, 0.15) is 56.3 Å². The molecule has 0 radical (unpaired) electrons. The quantitative estimate of drug-likeness (QED) is 0.867.